The van der Waals surface area contributed by atoms with Gasteiger partial charge in [0.15, 0.2) is 11.2 Å². The Morgan fingerprint density at radius 1 is 1.33 bits per heavy atom. The Morgan fingerprint density at radius 3 is 2.61 bits per heavy atom. The summed E-state index contributed by atoms with van der Waals surface area (Å²) in [7, 11) is 3.04. The number of nitrogens with zero attached hydrogens (tertiary/aromatic N) is 4. The van der Waals surface area contributed by atoms with E-state index in [4.69, 9.17) is 11.6 Å². The second-order valence-electron chi connectivity index (χ2n) is 4.25. The van der Waals surface area contributed by atoms with Crippen LogP contribution in [0.2, 0.25) is 0 Å². The Morgan fingerprint density at radius 2 is 2.00 bits per heavy atom. The van der Waals surface area contributed by atoms with Crippen LogP contribution in [0.4, 0.5) is 0 Å². The molecule has 0 N–H and O–H groups in total. The van der Waals surface area contributed by atoms with Crippen molar-refractivity contribution in [2.45, 2.75) is 25.3 Å². The monoisotopic (exact) mass is 270 g/mol. The molecule has 0 aliphatic carbocycles. The van der Waals surface area contributed by atoms with Crippen LogP contribution in [-0.2, 0) is 14.1 Å². The van der Waals surface area contributed by atoms with Crippen LogP contribution in [0.1, 0.15) is 25.3 Å². The van der Waals surface area contributed by atoms with E-state index in [0.717, 1.165) is 17.4 Å². The first-order valence-electron chi connectivity index (χ1n) is 5.75. The smallest absolute Gasteiger partial charge is 0.307 e. The number of hydrogen-bond acceptors (Lipinski definition) is 3. The summed E-state index contributed by atoms with van der Waals surface area (Å²) in [6.45, 7) is 2.02. The zero-order chi connectivity index (χ0) is 13.4. The van der Waals surface area contributed by atoms with Crippen molar-refractivity contribution in [2.24, 2.45) is 14.1 Å². The second-order valence-corrected chi connectivity index (χ2v) is 4.76. The van der Waals surface area contributed by atoms with E-state index in [9.17, 15) is 9.59 Å². The van der Waals surface area contributed by atoms with E-state index in [1.54, 1.807) is 11.6 Å². The molecule has 0 fully saturated rings. The van der Waals surface area contributed by atoms with Crippen LogP contribution >= 0.6 is 11.6 Å². The quantitative estimate of drug-likeness (QED) is 0.781. The molecular formula is C11H15ClN4O2. The number of fused-ring (bicyclic) bond motifs is 1. The summed E-state index contributed by atoms with van der Waals surface area (Å²) >= 11 is 6.23. The molecule has 0 aliphatic heterocycles. The lowest BCUT2D eigenvalue weighted by Crippen LogP contribution is -2.37. The average Bonchev–Trinajstić information content (AvgIpc) is 2.79. The molecule has 0 aliphatic rings. The predicted molar refractivity (Wildman–Crippen MR) is 70.0 cm³/mol. The number of halogens is 1. The third-order valence-electron chi connectivity index (χ3n) is 3.00. The second kappa shape index (κ2) is 4.61. The van der Waals surface area contributed by atoms with Gasteiger partial charge in [-0.05, 0) is 6.42 Å². The molecule has 2 rings (SSSR count). The highest BCUT2D eigenvalue weighted by Gasteiger charge is 2.17. The van der Waals surface area contributed by atoms with E-state index >= 15 is 0 Å². The van der Waals surface area contributed by atoms with Gasteiger partial charge in [-0.3, -0.25) is 13.9 Å². The summed E-state index contributed by atoms with van der Waals surface area (Å²) in [5.74, 6) is 0. The lowest BCUT2D eigenvalue weighted by molar-refractivity contribution is 0.611. The first kappa shape index (κ1) is 12.9. The fraction of sp³-hybridized carbons (Fsp3) is 0.545. The minimum Gasteiger partial charge on any atom is -0.307 e. The molecule has 2 aromatic rings. The molecule has 0 aromatic carbocycles. The van der Waals surface area contributed by atoms with Crippen LogP contribution in [0.3, 0.4) is 0 Å². The van der Waals surface area contributed by atoms with Crippen LogP contribution in [0.15, 0.2) is 15.9 Å². The summed E-state index contributed by atoms with van der Waals surface area (Å²) in [5, 5.41) is 0. The van der Waals surface area contributed by atoms with Crippen LogP contribution in [0, 0.1) is 0 Å². The van der Waals surface area contributed by atoms with Gasteiger partial charge in [-0.1, -0.05) is 24.9 Å². The van der Waals surface area contributed by atoms with Crippen LogP contribution in [0.25, 0.3) is 11.2 Å². The molecule has 0 spiro atoms. The van der Waals surface area contributed by atoms with E-state index in [-0.39, 0.29) is 16.8 Å². The third-order valence-corrected chi connectivity index (χ3v) is 3.43. The topological polar surface area (TPSA) is 61.8 Å². The fourth-order valence-electron chi connectivity index (χ4n) is 1.95. The van der Waals surface area contributed by atoms with Gasteiger partial charge in [-0.2, -0.15) is 0 Å². The van der Waals surface area contributed by atoms with Gasteiger partial charge in [0.05, 0.1) is 6.33 Å². The van der Waals surface area contributed by atoms with Gasteiger partial charge in [0.1, 0.15) is 5.50 Å². The molecular weight excluding hydrogens is 256 g/mol. The Kier molecular flexibility index (Phi) is 3.30. The number of hydrogen-bond donors (Lipinski definition) is 0. The van der Waals surface area contributed by atoms with E-state index in [1.165, 1.54) is 17.9 Å². The normalized spacial score (nSPS) is 13.1. The maximum atomic E-state index is 12.1. The predicted octanol–water partition coefficient (Wildman–Crippen LogP) is 0.971. The zero-order valence-electron chi connectivity index (χ0n) is 10.6. The SMILES string of the molecule is CCCC(Cl)n1cnc2c1c(=O)n(C)c(=O)n2C. The number of rotatable bonds is 3. The Balaban J connectivity index is 2.82. The number of imidazole rings is 1. The van der Waals surface area contributed by atoms with Gasteiger partial charge < -0.3 is 4.57 Å². The standard InChI is InChI=1S/C11H15ClN4O2/c1-4-5-7(12)16-6-13-9-8(16)10(17)15(3)11(18)14(9)2/h6-7H,4-5H2,1-3H3. The van der Waals surface area contributed by atoms with Gasteiger partial charge in [-0.25, -0.2) is 9.78 Å². The Labute approximate surface area is 108 Å². The minimum absolute atomic E-state index is 0.329. The molecule has 2 heterocycles. The van der Waals surface area contributed by atoms with Gasteiger partial charge in [0.25, 0.3) is 5.56 Å². The molecule has 0 radical (unpaired) electrons. The van der Waals surface area contributed by atoms with Crippen molar-refractivity contribution >= 4 is 22.8 Å². The van der Waals surface area contributed by atoms with Crippen LogP contribution in [-0.4, -0.2) is 18.7 Å². The number of aryl methyl sites for hydroxylation is 1. The summed E-state index contributed by atoms with van der Waals surface area (Å²) < 4.78 is 4.04. The summed E-state index contributed by atoms with van der Waals surface area (Å²) in [5.41, 5.74) is -0.352. The largest absolute Gasteiger partial charge is 0.332 e. The molecule has 7 heteroatoms. The maximum absolute atomic E-state index is 12.1. The Hall–Kier alpha value is -1.56. The highest BCUT2D eigenvalue weighted by atomic mass is 35.5. The summed E-state index contributed by atoms with van der Waals surface area (Å²) in [6.07, 6.45) is 3.15. The highest BCUT2D eigenvalue weighted by Crippen LogP contribution is 2.21. The van der Waals surface area contributed by atoms with Crippen LogP contribution < -0.4 is 11.2 Å². The molecule has 0 bridgehead atoms. The molecule has 2 aromatic heterocycles. The molecule has 1 atom stereocenters. The molecule has 0 amide bonds. The van der Waals surface area contributed by atoms with Crippen LogP contribution in [0.5, 0.6) is 0 Å². The average molecular weight is 271 g/mol. The number of alkyl halides is 1. The molecule has 0 saturated carbocycles. The van der Waals surface area contributed by atoms with Crippen molar-refractivity contribution in [1.82, 2.24) is 18.7 Å². The van der Waals surface area contributed by atoms with Crippen molar-refractivity contribution in [3.63, 3.8) is 0 Å². The molecule has 1 unspecified atom stereocenters. The van der Waals surface area contributed by atoms with Gasteiger partial charge in [0.2, 0.25) is 0 Å². The van der Waals surface area contributed by atoms with Gasteiger partial charge in [-0.15, -0.1) is 0 Å². The Bertz CT molecular complexity index is 697. The molecule has 0 saturated heterocycles. The van der Waals surface area contributed by atoms with Gasteiger partial charge >= 0.3 is 5.69 Å². The van der Waals surface area contributed by atoms with E-state index in [2.05, 4.69) is 4.98 Å². The zero-order valence-corrected chi connectivity index (χ0v) is 11.3. The first-order valence-corrected chi connectivity index (χ1v) is 6.19. The molecule has 98 valence electrons. The highest BCUT2D eigenvalue weighted by molar-refractivity contribution is 6.19. The van der Waals surface area contributed by atoms with Gasteiger partial charge in [0, 0.05) is 14.1 Å². The lowest BCUT2D eigenvalue weighted by Gasteiger charge is -2.11. The van der Waals surface area contributed by atoms with Crippen molar-refractivity contribution in [1.29, 1.82) is 0 Å². The maximum Gasteiger partial charge on any atom is 0.332 e. The van der Waals surface area contributed by atoms with Crippen molar-refractivity contribution in [3.8, 4) is 0 Å². The van der Waals surface area contributed by atoms with E-state index in [0.29, 0.717) is 11.2 Å². The lowest BCUT2D eigenvalue weighted by atomic mass is 10.3. The van der Waals surface area contributed by atoms with E-state index in [1.807, 2.05) is 6.92 Å². The van der Waals surface area contributed by atoms with E-state index < -0.39 is 0 Å². The fourth-order valence-corrected chi connectivity index (χ4v) is 2.32. The third kappa shape index (κ3) is 1.77. The molecule has 6 nitrogen and oxygen atoms in total. The van der Waals surface area contributed by atoms with Crippen molar-refractivity contribution in [3.05, 3.63) is 27.2 Å². The van der Waals surface area contributed by atoms with Crippen molar-refractivity contribution < 1.29 is 0 Å². The summed E-state index contributed by atoms with van der Waals surface area (Å²) in [6, 6.07) is 0. The summed E-state index contributed by atoms with van der Waals surface area (Å²) in [4.78, 5) is 28.0. The number of aromatic nitrogens is 4. The minimum atomic E-state index is -0.389. The van der Waals surface area contributed by atoms with Crippen molar-refractivity contribution in [2.75, 3.05) is 0 Å². The first-order chi connectivity index (χ1) is 8.49. The molecule has 18 heavy (non-hydrogen) atoms.